The summed E-state index contributed by atoms with van der Waals surface area (Å²) >= 11 is 4.67. The number of amides is 1. The number of rotatable bonds is 7. The van der Waals surface area contributed by atoms with Crippen LogP contribution in [-0.4, -0.2) is 54.0 Å². The second kappa shape index (κ2) is 9.51. The zero-order valence-corrected chi connectivity index (χ0v) is 19.2. The van der Waals surface area contributed by atoms with Crippen molar-refractivity contribution >= 4 is 39.0 Å². The maximum Gasteiger partial charge on any atom is 0.262 e. The van der Waals surface area contributed by atoms with Gasteiger partial charge in [-0.3, -0.25) is 9.59 Å². The average Bonchev–Trinajstić information content (AvgIpc) is 3.03. The molecule has 7 heteroatoms. The number of hydrogen-bond donors (Lipinski definition) is 2. The molecule has 0 saturated heterocycles. The summed E-state index contributed by atoms with van der Waals surface area (Å²) in [6, 6.07) is 9.79. The monoisotopic (exact) mass is 478 g/mol. The Morgan fingerprint density at radius 1 is 1.21 bits per heavy atom. The summed E-state index contributed by atoms with van der Waals surface area (Å²) in [7, 11) is 2.13. The third kappa shape index (κ3) is 5.54. The first kappa shape index (κ1) is 22.2. The van der Waals surface area contributed by atoms with Gasteiger partial charge in [0, 0.05) is 32.5 Å². The van der Waals surface area contributed by atoms with Crippen molar-refractivity contribution in [2.24, 2.45) is 0 Å². The molecule has 0 aliphatic carbocycles. The Bertz CT molecular complexity index is 898. The molecular formula is C22H27BrN2O3S. The lowest BCUT2D eigenvalue weighted by Gasteiger charge is -2.29. The Balaban J connectivity index is 1.74. The van der Waals surface area contributed by atoms with Crippen LogP contribution in [0.4, 0.5) is 0 Å². The lowest BCUT2D eigenvalue weighted by atomic mass is 9.87. The summed E-state index contributed by atoms with van der Waals surface area (Å²) in [6.45, 7) is 3.58. The van der Waals surface area contributed by atoms with E-state index < -0.39 is 5.54 Å². The van der Waals surface area contributed by atoms with E-state index in [2.05, 4.69) is 45.3 Å². The van der Waals surface area contributed by atoms with Gasteiger partial charge in [0.05, 0.1) is 14.2 Å². The van der Waals surface area contributed by atoms with E-state index in [1.165, 1.54) is 22.5 Å². The average molecular weight is 479 g/mol. The van der Waals surface area contributed by atoms with Crippen molar-refractivity contribution < 1.29 is 14.7 Å². The van der Waals surface area contributed by atoms with Gasteiger partial charge in [-0.25, -0.2) is 0 Å². The maximum absolute atomic E-state index is 13.1. The summed E-state index contributed by atoms with van der Waals surface area (Å²) < 4.78 is 0.855. The van der Waals surface area contributed by atoms with E-state index in [4.69, 9.17) is 0 Å². The Labute approximate surface area is 184 Å². The van der Waals surface area contributed by atoms with Gasteiger partial charge in [0.2, 0.25) is 0 Å². The number of benzene rings is 1. The molecule has 0 radical (unpaired) electrons. The van der Waals surface area contributed by atoms with Gasteiger partial charge in [0.25, 0.3) is 5.91 Å². The SMILES string of the molecule is CN1CCc2ccc(CC(=O)C(C)(CCO)NC(=O)c3ccc(Br)s3)cc2CC1. The van der Waals surface area contributed by atoms with Crippen molar-refractivity contribution in [3.63, 3.8) is 0 Å². The maximum atomic E-state index is 13.1. The molecule has 2 N–H and O–H groups in total. The van der Waals surface area contributed by atoms with E-state index in [1.807, 2.05) is 6.07 Å². The fourth-order valence-electron chi connectivity index (χ4n) is 3.62. The van der Waals surface area contributed by atoms with E-state index in [-0.39, 0.29) is 31.1 Å². The number of aliphatic hydroxyl groups excluding tert-OH is 1. The van der Waals surface area contributed by atoms with Gasteiger partial charge < -0.3 is 15.3 Å². The Morgan fingerprint density at radius 2 is 1.93 bits per heavy atom. The summed E-state index contributed by atoms with van der Waals surface area (Å²) in [5.74, 6) is -0.392. The molecular weight excluding hydrogens is 452 g/mol. The first-order valence-electron chi connectivity index (χ1n) is 9.82. The van der Waals surface area contributed by atoms with E-state index >= 15 is 0 Å². The number of ketones is 1. The molecule has 1 aliphatic rings. The molecule has 0 fully saturated rings. The Hall–Kier alpha value is -1.54. The predicted molar refractivity (Wildman–Crippen MR) is 120 cm³/mol. The van der Waals surface area contributed by atoms with Crippen LogP contribution in [0.3, 0.4) is 0 Å². The number of aliphatic hydroxyl groups is 1. The minimum atomic E-state index is -1.12. The van der Waals surface area contributed by atoms with Crippen molar-refractivity contribution in [2.75, 3.05) is 26.7 Å². The van der Waals surface area contributed by atoms with Gasteiger partial charge in [-0.2, -0.15) is 0 Å². The van der Waals surface area contributed by atoms with E-state index in [9.17, 15) is 14.7 Å². The molecule has 0 spiro atoms. The molecule has 1 unspecified atom stereocenters. The second-order valence-electron chi connectivity index (χ2n) is 7.87. The summed E-state index contributed by atoms with van der Waals surface area (Å²) in [5, 5.41) is 12.4. The fraction of sp³-hybridized carbons (Fsp3) is 0.455. The number of hydrogen-bond acceptors (Lipinski definition) is 5. The second-order valence-corrected chi connectivity index (χ2v) is 10.3. The topological polar surface area (TPSA) is 69.6 Å². The van der Waals surface area contributed by atoms with Crippen LogP contribution in [-0.2, 0) is 24.1 Å². The highest BCUT2D eigenvalue weighted by atomic mass is 79.9. The van der Waals surface area contributed by atoms with Crippen molar-refractivity contribution in [3.05, 3.63) is 55.7 Å². The molecule has 1 amide bonds. The van der Waals surface area contributed by atoms with Crippen molar-refractivity contribution in [1.29, 1.82) is 0 Å². The van der Waals surface area contributed by atoms with Crippen molar-refractivity contribution in [1.82, 2.24) is 10.2 Å². The summed E-state index contributed by atoms with van der Waals surface area (Å²) in [5.41, 5.74) is 2.49. The van der Waals surface area contributed by atoms with E-state index in [1.54, 1.807) is 19.1 Å². The first-order valence-corrected chi connectivity index (χ1v) is 11.4. The van der Waals surface area contributed by atoms with Crippen LogP contribution in [0, 0.1) is 0 Å². The Morgan fingerprint density at radius 3 is 2.59 bits per heavy atom. The van der Waals surface area contributed by atoms with Crippen LogP contribution in [0.15, 0.2) is 34.1 Å². The highest BCUT2D eigenvalue weighted by Gasteiger charge is 2.34. The van der Waals surface area contributed by atoms with Crippen LogP contribution in [0.5, 0.6) is 0 Å². The molecule has 5 nitrogen and oxygen atoms in total. The molecule has 1 aromatic carbocycles. The third-order valence-electron chi connectivity index (χ3n) is 5.57. The highest BCUT2D eigenvalue weighted by molar-refractivity contribution is 9.11. The molecule has 3 rings (SSSR count). The first-order chi connectivity index (χ1) is 13.8. The molecule has 1 aliphatic heterocycles. The molecule has 2 heterocycles. The number of carbonyl (C=O) groups excluding carboxylic acids is 2. The summed E-state index contributed by atoms with van der Waals surface area (Å²) in [4.78, 5) is 28.6. The van der Waals surface area contributed by atoms with Gasteiger partial charge in [-0.05, 0) is 71.6 Å². The van der Waals surface area contributed by atoms with Crippen LogP contribution in [0.25, 0.3) is 0 Å². The zero-order valence-electron chi connectivity index (χ0n) is 16.8. The van der Waals surface area contributed by atoms with Gasteiger partial charge in [0.1, 0.15) is 0 Å². The lowest BCUT2D eigenvalue weighted by Crippen LogP contribution is -2.53. The van der Waals surface area contributed by atoms with Gasteiger partial charge in [0.15, 0.2) is 5.78 Å². The quantitative estimate of drug-likeness (QED) is 0.640. The van der Waals surface area contributed by atoms with Gasteiger partial charge in [-0.1, -0.05) is 18.2 Å². The smallest absolute Gasteiger partial charge is 0.262 e. The molecule has 29 heavy (non-hydrogen) atoms. The molecule has 0 bridgehead atoms. The third-order valence-corrected chi connectivity index (χ3v) is 7.20. The van der Waals surface area contributed by atoms with E-state index in [0.29, 0.717) is 4.88 Å². The number of halogens is 1. The standard InChI is InChI=1S/C22H27BrN2O3S/c1-22(9-12-26,24-21(28)18-5-6-20(23)29-18)19(27)14-15-3-4-16-7-10-25(2)11-8-17(16)13-15/h3-6,13,26H,7-12,14H2,1-2H3,(H,24,28). The van der Waals surface area contributed by atoms with Crippen LogP contribution < -0.4 is 5.32 Å². The Kier molecular flexibility index (Phi) is 7.27. The number of nitrogens with zero attached hydrogens (tertiary/aromatic N) is 1. The molecule has 2 aromatic rings. The minimum absolute atomic E-state index is 0.0961. The lowest BCUT2D eigenvalue weighted by molar-refractivity contribution is -0.124. The molecule has 156 valence electrons. The number of nitrogens with one attached hydrogen (secondary N) is 1. The predicted octanol–water partition coefficient (Wildman–Crippen LogP) is 3.22. The normalized spacial score (nSPS) is 16.6. The van der Waals surface area contributed by atoms with Crippen LogP contribution in [0.2, 0.25) is 0 Å². The molecule has 0 saturated carbocycles. The zero-order chi connectivity index (χ0) is 21.0. The molecule has 1 aromatic heterocycles. The van der Waals surface area contributed by atoms with Gasteiger partial charge >= 0.3 is 0 Å². The fourth-order valence-corrected chi connectivity index (χ4v) is 4.91. The van der Waals surface area contributed by atoms with Crippen LogP contribution in [0.1, 0.15) is 39.7 Å². The highest BCUT2D eigenvalue weighted by Crippen LogP contribution is 2.24. The van der Waals surface area contributed by atoms with Crippen LogP contribution >= 0.6 is 27.3 Å². The number of carbonyl (C=O) groups is 2. The number of fused-ring (bicyclic) bond motifs is 1. The van der Waals surface area contributed by atoms with Crippen molar-refractivity contribution in [3.8, 4) is 0 Å². The minimum Gasteiger partial charge on any atom is -0.396 e. The number of Topliss-reactive ketones (excluding diaryl/α,β-unsaturated/α-hetero) is 1. The number of thiophene rings is 1. The largest absolute Gasteiger partial charge is 0.396 e. The number of likely N-dealkylation sites (N-methyl/N-ethyl adjacent to an activating group) is 1. The van der Waals surface area contributed by atoms with Gasteiger partial charge in [-0.15, -0.1) is 11.3 Å². The van der Waals surface area contributed by atoms with E-state index in [0.717, 1.165) is 35.3 Å². The molecule has 1 atom stereocenters. The summed E-state index contributed by atoms with van der Waals surface area (Å²) in [6.07, 6.45) is 2.41. The van der Waals surface area contributed by atoms with Crippen molar-refractivity contribution in [2.45, 2.75) is 38.1 Å².